The minimum absolute atomic E-state index is 0.0415. The molecule has 112 valence electrons. The predicted octanol–water partition coefficient (Wildman–Crippen LogP) is 2.71. The Labute approximate surface area is 127 Å². The van der Waals surface area contributed by atoms with E-state index in [1.54, 1.807) is 0 Å². The Morgan fingerprint density at radius 2 is 1.80 bits per heavy atom. The van der Waals surface area contributed by atoms with E-state index in [1.165, 1.54) is 5.56 Å². The van der Waals surface area contributed by atoms with Crippen LogP contribution in [0.4, 0.5) is 0 Å². The van der Waals surface area contributed by atoms with Crippen molar-refractivity contribution in [1.82, 2.24) is 4.90 Å². The second-order valence-corrected chi connectivity index (χ2v) is 6.60. The highest BCUT2D eigenvalue weighted by molar-refractivity contribution is 6.30. The van der Waals surface area contributed by atoms with E-state index in [2.05, 4.69) is 37.8 Å². The number of nitrogens with two attached hydrogens (primary N) is 1. The van der Waals surface area contributed by atoms with Crippen LogP contribution in [-0.2, 0) is 11.2 Å². The zero-order valence-corrected chi connectivity index (χ0v) is 13.4. The molecule has 0 spiro atoms. The van der Waals surface area contributed by atoms with E-state index >= 15 is 0 Å². The Hall–Kier alpha value is -0.610. The zero-order valence-electron chi connectivity index (χ0n) is 12.6. The summed E-state index contributed by atoms with van der Waals surface area (Å²) in [4.78, 5) is 2.47. The quantitative estimate of drug-likeness (QED) is 0.928. The van der Waals surface area contributed by atoms with Gasteiger partial charge in [-0.2, -0.15) is 0 Å². The summed E-state index contributed by atoms with van der Waals surface area (Å²) in [5.74, 6) is 0. The zero-order chi connectivity index (χ0) is 14.8. The van der Waals surface area contributed by atoms with Crippen LogP contribution in [0.25, 0.3) is 0 Å². The Morgan fingerprint density at radius 1 is 1.25 bits per heavy atom. The molecule has 0 amide bonds. The highest BCUT2D eigenvalue weighted by Crippen LogP contribution is 2.25. The SMILES string of the molecule is C[C@@H]1CN(C(C)(CN)Cc2ccc(Cl)cc2)C[C@H](C)O1. The fraction of sp³-hybridized carbons (Fsp3) is 0.625. The van der Waals surface area contributed by atoms with Gasteiger partial charge < -0.3 is 10.5 Å². The van der Waals surface area contributed by atoms with E-state index in [-0.39, 0.29) is 17.7 Å². The number of hydrogen-bond acceptors (Lipinski definition) is 3. The lowest BCUT2D eigenvalue weighted by Gasteiger charge is -2.46. The standard InChI is InChI=1S/C16H25ClN2O/c1-12-9-19(10-13(2)20-12)16(3,11-18)8-14-4-6-15(17)7-5-14/h4-7,12-13H,8-11,18H2,1-3H3/t12-,13+,16?. The minimum atomic E-state index is -0.0415. The molecule has 0 aromatic heterocycles. The normalized spacial score (nSPS) is 27.2. The number of benzene rings is 1. The molecule has 0 saturated carbocycles. The Kier molecular flexibility index (Phi) is 5.08. The monoisotopic (exact) mass is 296 g/mol. The van der Waals surface area contributed by atoms with Crippen LogP contribution in [0, 0.1) is 0 Å². The van der Waals surface area contributed by atoms with Gasteiger partial charge in [-0.05, 0) is 44.9 Å². The molecular weight excluding hydrogens is 272 g/mol. The van der Waals surface area contributed by atoms with Gasteiger partial charge in [0.15, 0.2) is 0 Å². The molecule has 2 N–H and O–H groups in total. The summed E-state index contributed by atoms with van der Waals surface area (Å²) in [6.07, 6.45) is 1.45. The van der Waals surface area contributed by atoms with Gasteiger partial charge in [-0.15, -0.1) is 0 Å². The summed E-state index contributed by atoms with van der Waals surface area (Å²) in [6, 6.07) is 8.06. The molecule has 20 heavy (non-hydrogen) atoms. The Balaban J connectivity index is 2.13. The first kappa shape index (κ1) is 15.8. The van der Waals surface area contributed by atoms with Gasteiger partial charge in [-0.3, -0.25) is 4.90 Å². The van der Waals surface area contributed by atoms with E-state index in [1.807, 2.05) is 12.1 Å². The molecule has 3 atom stereocenters. The van der Waals surface area contributed by atoms with Crippen molar-refractivity contribution >= 4 is 11.6 Å². The first-order valence-corrected chi connectivity index (χ1v) is 7.66. The molecule has 1 heterocycles. The van der Waals surface area contributed by atoms with Crippen LogP contribution in [0.2, 0.25) is 5.02 Å². The van der Waals surface area contributed by atoms with Gasteiger partial charge in [0, 0.05) is 30.2 Å². The van der Waals surface area contributed by atoms with Crippen molar-refractivity contribution in [3.8, 4) is 0 Å². The smallest absolute Gasteiger partial charge is 0.0678 e. The number of halogens is 1. The van der Waals surface area contributed by atoms with Gasteiger partial charge in [-0.1, -0.05) is 23.7 Å². The van der Waals surface area contributed by atoms with E-state index < -0.39 is 0 Å². The van der Waals surface area contributed by atoms with Gasteiger partial charge in [0.25, 0.3) is 0 Å². The topological polar surface area (TPSA) is 38.5 Å². The summed E-state index contributed by atoms with van der Waals surface area (Å²) >= 11 is 5.95. The number of nitrogens with zero attached hydrogens (tertiary/aromatic N) is 1. The van der Waals surface area contributed by atoms with Crippen LogP contribution in [0.1, 0.15) is 26.3 Å². The summed E-state index contributed by atoms with van der Waals surface area (Å²) in [6.45, 7) is 9.00. The second-order valence-electron chi connectivity index (χ2n) is 6.17. The molecule has 0 bridgehead atoms. The van der Waals surface area contributed by atoms with Crippen LogP contribution in [-0.4, -0.2) is 42.3 Å². The minimum Gasteiger partial charge on any atom is -0.373 e. The van der Waals surface area contributed by atoms with Gasteiger partial charge in [-0.25, -0.2) is 0 Å². The summed E-state index contributed by atoms with van der Waals surface area (Å²) in [7, 11) is 0. The summed E-state index contributed by atoms with van der Waals surface area (Å²) < 4.78 is 5.82. The molecule has 1 aromatic carbocycles. The van der Waals surface area contributed by atoms with E-state index in [9.17, 15) is 0 Å². The van der Waals surface area contributed by atoms with Crippen molar-refractivity contribution < 1.29 is 4.74 Å². The first-order chi connectivity index (χ1) is 9.43. The van der Waals surface area contributed by atoms with Gasteiger partial charge in [0.2, 0.25) is 0 Å². The maximum atomic E-state index is 6.10. The molecule has 1 saturated heterocycles. The third-order valence-electron chi connectivity index (χ3n) is 4.12. The largest absolute Gasteiger partial charge is 0.373 e. The lowest BCUT2D eigenvalue weighted by atomic mass is 9.89. The third kappa shape index (κ3) is 3.73. The number of rotatable bonds is 4. The molecule has 1 aliphatic rings. The summed E-state index contributed by atoms with van der Waals surface area (Å²) in [5.41, 5.74) is 7.33. The van der Waals surface area contributed by atoms with Crippen molar-refractivity contribution in [2.24, 2.45) is 5.73 Å². The second kappa shape index (κ2) is 6.44. The summed E-state index contributed by atoms with van der Waals surface area (Å²) in [5, 5.41) is 0.775. The van der Waals surface area contributed by atoms with Crippen molar-refractivity contribution in [2.45, 2.75) is 44.9 Å². The van der Waals surface area contributed by atoms with Crippen molar-refractivity contribution in [3.05, 3.63) is 34.9 Å². The molecule has 1 aliphatic heterocycles. The van der Waals surface area contributed by atoms with Crippen LogP contribution in [0.5, 0.6) is 0 Å². The fourth-order valence-electron chi connectivity index (χ4n) is 2.97. The van der Waals surface area contributed by atoms with Crippen LogP contribution >= 0.6 is 11.6 Å². The predicted molar refractivity (Wildman–Crippen MR) is 84.2 cm³/mol. The van der Waals surface area contributed by atoms with Crippen molar-refractivity contribution in [3.63, 3.8) is 0 Å². The van der Waals surface area contributed by atoms with E-state index in [0.717, 1.165) is 24.5 Å². The van der Waals surface area contributed by atoms with Crippen LogP contribution in [0.15, 0.2) is 24.3 Å². The van der Waals surface area contributed by atoms with Crippen LogP contribution in [0.3, 0.4) is 0 Å². The highest BCUT2D eigenvalue weighted by Gasteiger charge is 2.35. The Bertz CT molecular complexity index is 427. The van der Waals surface area contributed by atoms with Gasteiger partial charge in [0.05, 0.1) is 12.2 Å². The van der Waals surface area contributed by atoms with Gasteiger partial charge in [0.1, 0.15) is 0 Å². The van der Waals surface area contributed by atoms with Gasteiger partial charge >= 0.3 is 0 Å². The first-order valence-electron chi connectivity index (χ1n) is 7.28. The van der Waals surface area contributed by atoms with Crippen molar-refractivity contribution in [1.29, 1.82) is 0 Å². The molecule has 1 fully saturated rings. The molecule has 1 aromatic rings. The molecule has 3 nitrogen and oxygen atoms in total. The molecule has 0 radical (unpaired) electrons. The lowest BCUT2D eigenvalue weighted by molar-refractivity contribution is -0.0972. The maximum absolute atomic E-state index is 6.10. The van der Waals surface area contributed by atoms with E-state index in [4.69, 9.17) is 22.1 Å². The lowest BCUT2D eigenvalue weighted by Crippen LogP contribution is -2.60. The molecule has 0 aliphatic carbocycles. The average molecular weight is 297 g/mol. The number of hydrogen-bond donors (Lipinski definition) is 1. The van der Waals surface area contributed by atoms with Crippen LogP contribution < -0.4 is 5.73 Å². The molecule has 2 rings (SSSR count). The maximum Gasteiger partial charge on any atom is 0.0678 e. The number of ether oxygens (including phenoxy) is 1. The third-order valence-corrected chi connectivity index (χ3v) is 4.37. The van der Waals surface area contributed by atoms with E-state index in [0.29, 0.717) is 6.54 Å². The molecule has 1 unspecified atom stereocenters. The average Bonchev–Trinajstić information content (AvgIpc) is 2.40. The number of morpholine rings is 1. The van der Waals surface area contributed by atoms with Crippen molar-refractivity contribution in [2.75, 3.05) is 19.6 Å². The Morgan fingerprint density at radius 3 is 2.30 bits per heavy atom. The fourth-order valence-corrected chi connectivity index (χ4v) is 3.10. The highest BCUT2D eigenvalue weighted by atomic mass is 35.5. The molecule has 4 heteroatoms. The molecular formula is C16H25ClN2O.